The molecule has 16 heavy (non-hydrogen) atoms. The van der Waals surface area contributed by atoms with E-state index in [1.807, 2.05) is 24.3 Å². The van der Waals surface area contributed by atoms with Gasteiger partial charge in [-0.25, -0.2) is 0 Å². The Morgan fingerprint density at radius 1 is 1.31 bits per heavy atom. The van der Waals surface area contributed by atoms with E-state index in [0.717, 1.165) is 20.8 Å². The van der Waals surface area contributed by atoms with Gasteiger partial charge in [-0.1, -0.05) is 40.2 Å². The van der Waals surface area contributed by atoms with Gasteiger partial charge in [-0.15, -0.1) is 0 Å². The Kier molecular flexibility index (Phi) is 4.91. The van der Waals surface area contributed by atoms with Crippen LogP contribution in [0.25, 0.3) is 0 Å². The number of hydrogen-bond donors (Lipinski definition) is 1. The molecule has 0 bridgehead atoms. The number of hydrogen-bond acceptors (Lipinski definition) is 2. The van der Waals surface area contributed by atoms with E-state index in [1.54, 1.807) is 0 Å². The molecule has 4 nitrogen and oxygen atoms in total. The van der Waals surface area contributed by atoms with Crippen LogP contribution < -0.4 is 4.72 Å². The van der Waals surface area contributed by atoms with E-state index in [4.69, 9.17) is 0 Å². The summed E-state index contributed by atoms with van der Waals surface area (Å²) in [6.07, 6.45) is 0. The van der Waals surface area contributed by atoms with E-state index in [2.05, 4.69) is 20.7 Å². The summed E-state index contributed by atoms with van der Waals surface area (Å²) >= 11 is 3.36. The third-order valence-corrected chi connectivity index (χ3v) is 4.20. The van der Waals surface area contributed by atoms with Gasteiger partial charge in [0.25, 0.3) is 10.2 Å². The quantitative estimate of drug-likeness (QED) is 0.838. The summed E-state index contributed by atoms with van der Waals surface area (Å²) in [6, 6.07) is 7.76. The molecule has 0 aromatic heterocycles. The van der Waals surface area contributed by atoms with Gasteiger partial charge in [0.2, 0.25) is 0 Å². The highest BCUT2D eigenvalue weighted by Gasteiger charge is 2.11. The van der Waals surface area contributed by atoms with Crippen molar-refractivity contribution in [3.8, 4) is 0 Å². The summed E-state index contributed by atoms with van der Waals surface area (Å²) in [5, 5.41) is 0.765. The highest BCUT2D eigenvalue weighted by molar-refractivity contribution is 9.08. The lowest BCUT2D eigenvalue weighted by Crippen LogP contribution is -2.35. The first-order valence-electron chi connectivity index (χ1n) is 4.76. The zero-order chi connectivity index (χ0) is 12.2. The average molecular weight is 307 g/mol. The van der Waals surface area contributed by atoms with E-state index in [1.165, 1.54) is 14.1 Å². The first kappa shape index (κ1) is 13.6. The van der Waals surface area contributed by atoms with Crippen molar-refractivity contribution >= 4 is 26.1 Å². The number of rotatable bonds is 5. The van der Waals surface area contributed by atoms with Crippen molar-refractivity contribution in [2.75, 3.05) is 14.1 Å². The molecule has 0 aliphatic heterocycles. The van der Waals surface area contributed by atoms with Crippen LogP contribution in [0.1, 0.15) is 11.1 Å². The lowest BCUT2D eigenvalue weighted by Gasteiger charge is -2.12. The maximum absolute atomic E-state index is 11.5. The maximum atomic E-state index is 11.5. The molecule has 0 aliphatic carbocycles. The Morgan fingerprint density at radius 2 is 1.94 bits per heavy atom. The number of alkyl halides is 1. The molecule has 1 N–H and O–H groups in total. The Morgan fingerprint density at radius 3 is 2.50 bits per heavy atom. The summed E-state index contributed by atoms with van der Waals surface area (Å²) in [7, 11) is -0.350. The van der Waals surface area contributed by atoms with Crippen molar-refractivity contribution in [2.45, 2.75) is 11.9 Å². The number of halogens is 1. The summed E-state index contributed by atoms with van der Waals surface area (Å²) in [5.41, 5.74) is 2.07. The molecule has 0 radical (unpaired) electrons. The summed E-state index contributed by atoms with van der Waals surface area (Å²) in [5.74, 6) is 0. The molecule has 1 aromatic carbocycles. The molecule has 0 saturated heterocycles. The molecule has 1 rings (SSSR count). The second-order valence-electron chi connectivity index (χ2n) is 3.56. The topological polar surface area (TPSA) is 49.4 Å². The zero-order valence-corrected chi connectivity index (χ0v) is 11.7. The molecule has 6 heteroatoms. The third kappa shape index (κ3) is 3.86. The lowest BCUT2D eigenvalue weighted by molar-refractivity contribution is 0.505. The van der Waals surface area contributed by atoms with Crippen molar-refractivity contribution in [1.29, 1.82) is 0 Å². The molecule has 0 heterocycles. The predicted octanol–water partition coefficient (Wildman–Crippen LogP) is 1.48. The van der Waals surface area contributed by atoms with E-state index in [-0.39, 0.29) is 0 Å². The molecular weight excluding hydrogens is 292 g/mol. The fourth-order valence-corrected chi connectivity index (χ4v) is 2.08. The van der Waals surface area contributed by atoms with Crippen molar-refractivity contribution in [2.24, 2.45) is 0 Å². The molecular formula is C10H15BrN2O2S. The van der Waals surface area contributed by atoms with Crippen LogP contribution in [0.4, 0.5) is 0 Å². The van der Waals surface area contributed by atoms with E-state index < -0.39 is 10.2 Å². The molecule has 90 valence electrons. The van der Waals surface area contributed by atoms with Crippen LogP contribution in [-0.4, -0.2) is 26.8 Å². The van der Waals surface area contributed by atoms with Crippen LogP contribution in [-0.2, 0) is 22.1 Å². The van der Waals surface area contributed by atoms with Crippen LogP contribution in [0.2, 0.25) is 0 Å². The fourth-order valence-electron chi connectivity index (χ4n) is 1.13. The van der Waals surface area contributed by atoms with Crippen molar-refractivity contribution in [3.05, 3.63) is 35.4 Å². The third-order valence-electron chi connectivity index (χ3n) is 2.09. The zero-order valence-electron chi connectivity index (χ0n) is 9.27. The highest BCUT2D eigenvalue weighted by atomic mass is 79.9. The first-order chi connectivity index (χ1) is 7.45. The minimum atomic E-state index is -3.34. The predicted molar refractivity (Wildman–Crippen MR) is 68.5 cm³/mol. The molecule has 1 aromatic rings. The van der Waals surface area contributed by atoms with Crippen molar-refractivity contribution in [1.82, 2.24) is 9.03 Å². The van der Waals surface area contributed by atoms with Crippen LogP contribution in [0, 0.1) is 0 Å². The van der Waals surface area contributed by atoms with E-state index in [0.29, 0.717) is 6.54 Å². The normalized spacial score (nSPS) is 12.0. The van der Waals surface area contributed by atoms with Gasteiger partial charge in [0.1, 0.15) is 0 Å². The molecule has 0 saturated carbocycles. The number of nitrogens with one attached hydrogen (secondary N) is 1. The molecule has 0 fully saturated rings. The van der Waals surface area contributed by atoms with Gasteiger partial charge in [0.15, 0.2) is 0 Å². The summed E-state index contributed by atoms with van der Waals surface area (Å²) < 4.78 is 26.6. The Balaban J connectivity index is 2.68. The van der Waals surface area contributed by atoms with Gasteiger partial charge in [-0.2, -0.15) is 17.4 Å². The SMILES string of the molecule is CN(C)S(=O)(=O)NCc1cccc(CBr)c1. The molecule has 0 atom stereocenters. The van der Waals surface area contributed by atoms with Crippen LogP contribution in [0.15, 0.2) is 24.3 Å². The van der Waals surface area contributed by atoms with Gasteiger partial charge < -0.3 is 0 Å². The fraction of sp³-hybridized carbons (Fsp3) is 0.400. The van der Waals surface area contributed by atoms with Crippen LogP contribution in [0.5, 0.6) is 0 Å². The lowest BCUT2D eigenvalue weighted by atomic mass is 10.1. The van der Waals surface area contributed by atoms with Crippen molar-refractivity contribution in [3.63, 3.8) is 0 Å². The van der Waals surface area contributed by atoms with Gasteiger partial charge in [-0.3, -0.25) is 0 Å². The van der Waals surface area contributed by atoms with Gasteiger partial charge in [0, 0.05) is 26.0 Å². The summed E-state index contributed by atoms with van der Waals surface area (Å²) in [6.45, 7) is 0.307. The van der Waals surface area contributed by atoms with Gasteiger partial charge in [-0.05, 0) is 11.1 Å². The average Bonchev–Trinajstić information content (AvgIpc) is 2.26. The monoisotopic (exact) mass is 306 g/mol. The van der Waals surface area contributed by atoms with Gasteiger partial charge in [0.05, 0.1) is 0 Å². The molecule has 0 unspecified atom stereocenters. The van der Waals surface area contributed by atoms with E-state index >= 15 is 0 Å². The molecule has 0 aliphatic rings. The second kappa shape index (κ2) is 5.77. The minimum absolute atomic E-state index is 0.307. The maximum Gasteiger partial charge on any atom is 0.279 e. The largest absolute Gasteiger partial charge is 0.279 e. The van der Waals surface area contributed by atoms with Crippen LogP contribution >= 0.6 is 15.9 Å². The highest BCUT2D eigenvalue weighted by Crippen LogP contribution is 2.09. The minimum Gasteiger partial charge on any atom is -0.198 e. The second-order valence-corrected chi connectivity index (χ2v) is 6.09. The first-order valence-corrected chi connectivity index (χ1v) is 7.33. The number of benzene rings is 1. The molecule has 0 amide bonds. The smallest absolute Gasteiger partial charge is 0.198 e. The van der Waals surface area contributed by atoms with Crippen molar-refractivity contribution < 1.29 is 8.42 Å². The van der Waals surface area contributed by atoms with Gasteiger partial charge >= 0.3 is 0 Å². The number of nitrogens with zero attached hydrogens (tertiary/aromatic N) is 1. The Hall–Kier alpha value is -0.430. The Bertz CT molecular complexity index is 446. The Labute approximate surface area is 105 Å². The van der Waals surface area contributed by atoms with E-state index in [9.17, 15) is 8.42 Å². The standard InChI is InChI=1S/C10H15BrN2O2S/c1-13(2)16(14,15)12-8-10-5-3-4-9(6-10)7-11/h3-6,12H,7-8H2,1-2H3. The molecule has 0 spiro atoms. The van der Waals surface area contributed by atoms with Crippen LogP contribution in [0.3, 0.4) is 0 Å². The summed E-state index contributed by atoms with van der Waals surface area (Å²) in [4.78, 5) is 0.